The van der Waals surface area contributed by atoms with Gasteiger partial charge in [-0.2, -0.15) is 26.3 Å². The van der Waals surface area contributed by atoms with Crippen molar-refractivity contribution in [3.05, 3.63) is 131 Å². The predicted molar refractivity (Wildman–Crippen MR) is 157 cm³/mol. The maximum Gasteiger partial charge on any atom is 0.416 e. The highest BCUT2D eigenvalue weighted by Crippen LogP contribution is 2.60. The molecule has 4 rings (SSSR count). The lowest BCUT2D eigenvalue weighted by atomic mass is 10.0. The molecule has 0 heterocycles. The summed E-state index contributed by atoms with van der Waals surface area (Å²) in [5.41, 5.74) is -2.65. The van der Waals surface area contributed by atoms with Crippen molar-refractivity contribution in [2.24, 2.45) is 5.92 Å². The summed E-state index contributed by atoms with van der Waals surface area (Å²) in [6.07, 6.45) is -9.00. The summed E-state index contributed by atoms with van der Waals surface area (Å²) in [4.78, 5) is 13.4. The van der Waals surface area contributed by atoms with Crippen molar-refractivity contribution in [1.29, 1.82) is 0 Å². The van der Waals surface area contributed by atoms with Gasteiger partial charge in [0.15, 0.2) is 0 Å². The topological polar surface area (TPSA) is 29.1 Å². The molecule has 0 aliphatic heterocycles. The van der Waals surface area contributed by atoms with Gasteiger partial charge in [0.1, 0.15) is 0 Å². The van der Waals surface area contributed by atoms with Gasteiger partial charge in [-0.1, -0.05) is 80.6 Å². The highest BCUT2D eigenvalue weighted by atomic mass is 79.9. The van der Waals surface area contributed by atoms with Crippen LogP contribution >= 0.6 is 7.26 Å². The molecule has 0 fully saturated rings. The summed E-state index contributed by atoms with van der Waals surface area (Å²) >= 11 is 0. The molecule has 4 aromatic carbocycles. The number of halogens is 7. The maximum atomic E-state index is 13.5. The fourth-order valence-electron chi connectivity index (χ4n) is 5.03. The van der Waals surface area contributed by atoms with Crippen molar-refractivity contribution in [2.75, 3.05) is 6.16 Å². The molecule has 2 nitrogen and oxygen atoms in total. The Kier molecular flexibility index (Phi) is 11.2. The van der Waals surface area contributed by atoms with Crippen molar-refractivity contribution in [3.8, 4) is 0 Å². The van der Waals surface area contributed by atoms with Crippen LogP contribution in [0.5, 0.6) is 0 Å². The third-order valence-electron chi connectivity index (χ3n) is 7.28. The normalized spacial score (nSPS) is 12.9. The molecule has 0 spiro atoms. The Labute approximate surface area is 258 Å². The van der Waals surface area contributed by atoms with Crippen LogP contribution in [0, 0.1) is 5.92 Å². The molecule has 10 heteroatoms. The van der Waals surface area contributed by atoms with E-state index in [-0.39, 0.29) is 29.0 Å². The molecule has 0 aliphatic rings. The van der Waals surface area contributed by atoms with E-state index in [1.54, 1.807) is 0 Å². The van der Waals surface area contributed by atoms with Gasteiger partial charge < -0.3 is 22.3 Å². The SMILES string of the molecule is CC(C)[C@@H](C[P+](Cc1ccccc1)(c1ccccc1)c1ccccc1)NC(=O)c1cc(C(F)(F)F)cc(C(F)(F)F)c1.[Br-]. The number of amides is 1. The van der Waals surface area contributed by atoms with Gasteiger partial charge in [-0.05, 0) is 53.9 Å². The second-order valence-corrected chi connectivity index (χ2v) is 14.2. The summed E-state index contributed by atoms with van der Waals surface area (Å²) in [6.45, 7) is 3.76. The van der Waals surface area contributed by atoms with Crippen LogP contribution < -0.4 is 32.9 Å². The van der Waals surface area contributed by atoms with Crippen molar-refractivity contribution in [3.63, 3.8) is 0 Å². The van der Waals surface area contributed by atoms with E-state index in [1.165, 1.54) is 0 Å². The van der Waals surface area contributed by atoms with Crippen LogP contribution in [-0.2, 0) is 18.5 Å². The average molecular weight is 682 g/mol. The zero-order chi connectivity index (χ0) is 30.5. The lowest BCUT2D eigenvalue weighted by Crippen LogP contribution is -3.00. The number of nitrogens with one attached hydrogen (secondary N) is 1. The van der Waals surface area contributed by atoms with E-state index < -0.39 is 48.3 Å². The van der Waals surface area contributed by atoms with Gasteiger partial charge in [-0.25, -0.2) is 0 Å². The van der Waals surface area contributed by atoms with E-state index in [2.05, 4.69) is 5.32 Å². The quantitative estimate of drug-likeness (QED) is 0.187. The highest BCUT2D eigenvalue weighted by Gasteiger charge is 2.46. The second-order valence-electron chi connectivity index (χ2n) is 10.6. The van der Waals surface area contributed by atoms with Gasteiger partial charge in [-0.3, -0.25) is 4.79 Å². The van der Waals surface area contributed by atoms with Crippen LogP contribution in [0.25, 0.3) is 0 Å². The standard InChI is InChI=1S/C33H30F6NOP.BrH/c1-23(2)30(40-31(41)25-18-26(32(34,35)36)20-27(19-25)33(37,38)39)22-42(28-14-8-4-9-15-28,29-16-10-5-11-17-29)21-24-12-6-3-7-13-24;/h3-20,23,30H,21-22H2,1-2H3;1H/t30-;/m1./s1. The minimum Gasteiger partial charge on any atom is -1.00 e. The van der Waals surface area contributed by atoms with Crippen molar-refractivity contribution in [1.82, 2.24) is 5.32 Å². The van der Waals surface area contributed by atoms with Crippen LogP contribution in [0.4, 0.5) is 26.3 Å². The van der Waals surface area contributed by atoms with Crippen LogP contribution in [0.1, 0.15) is 40.9 Å². The van der Waals surface area contributed by atoms with Crippen LogP contribution in [0.3, 0.4) is 0 Å². The minimum absolute atomic E-state index is 0. The number of carbonyl (C=O) groups excluding carboxylic acids is 1. The lowest BCUT2D eigenvalue weighted by Gasteiger charge is -2.33. The zero-order valence-corrected chi connectivity index (χ0v) is 25.9. The molecule has 0 radical (unpaired) electrons. The number of benzene rings is 4. The van der Waals surface area contributed by atoms with Crippen molar-refractivity contribution >= 4 is 23.8 Å². The Morgan fingerprint density at radius 2 is 1.12 bits per heavy atom. The third kappa shape index (κ3) is 8.48. The van der Waals surface area contributed by atoms with E-state index in [4.69, 9.17) is 0 Å². The van der Waals surface area contributed by atoms with E-state index in [0.29, 0.717) is 24.5 Å². The lowest BCUT2D eigenvalue weighted by molar-refractivity contribution is -0.143. The summed E-state index contributed by atoms with van der Waals surface area (Å²) in [6, 6.07) is 30.1. The summed E-state index contributed by atoms with van der Waals surface area (Å²) in [7, 11) is -2.33. The van der Waals surface area contributed by atoms with Gasteiger partial charge in [0.05, 0.1) is 47.4 Å². The number of alkyl halides is 6. The Hall–Kier alpha value is -3.16. The molecule has 43 heavy (non-hydrogen) atoms. The molecule has 0 aliphatic carbocycles. The van der Waals surface area contributed by atoms with E-state index in [1.807, 2.05) is 105 Å². The molecule has 1 atom stereocenters. The molecule has 4 aromatic rings. The van der Waals surface area contributed by atoms with E-state index in [0.717, 1.165) is 16.2 Å². The predicted octanol–water partition coefficient (Wildman–Crippen LogP) is 5.35. The Morgan fingerprint density at radius 1 is 0.698 bits per heavy atom. The summed E-state index contributed by atoms with van der Waals surface area (Å²) in [5, 5.41) is 4.99. The van der Waals surface area contributed by atoms with E-state index in [9.17, 15) is 31.1 Å². The largest absolute Gasteiger partial charge is 1.00 e. The molecule has 0 aromatic heterocycles. The van der Waals surface area contributed by atoms with Crippen LogP contribution in [0.15, 0.2) is 109 Å². The first-order valence-corrected chi connectivity index (χ1v) is 15.6. The van der Waals surface area contributed by atoms with Crippen LogP contribution in [0.2, 0.25) is 0 Å². The van der Waals surface area contributed by atoms with E-state index >= 15 is 0 Å². The number of hydrogen-bond donors (Lipinski definition) is 1. The smallest absolute Gasteiger partial charge is 0.416 e. The monoisotopic (exact) mass is 681 g/mol. The third-order valence-corrected chi connectivity index (χ3v) is 11.8. The first-order chi connectivity index (χ1) is 19.8. The number of hydrogen-bond acceptors (Lipinski definition) is 1. The number of carbonyl (C=O) groups is 1. The maximum absolute atomic E-state index is 13.5. The molecular formula is C33H31BrF6NOP. The second kappa shape index (κ2) is 14.1. The fourth-order valence-corrected chi connectivity index (χ4v) is 9.74. The number of rotatable bonds is 9. The highest BCUT2D eigenvalue weighted by molar-refractivity contribution is 7.88. The van der Waals surface area contributed by atoms with Gasteiger partial charge >= 0.3 is 12.4 Å². The Balaban J connectivity index is 0.00000506. The summed E-state index contributed by atoms with van der Waals surface area (Å²) in [5.74, 6) is -1.16. The van der Waals surface area contributed by atoms with Crippen molar-refractivity contribution < 1.29 is 48.1 Å². The van der Waals surface area contributed by atoms with Gasteiger partial charge in [0, 0.05) is 5.56 Å². The molecule has 0 saturated carbocycles. The zero-order valence-electron chi connectivity index (χ0n) is 23.5. The molecule has 1 N–H and O–H groups in total. The van der Waals surface area contributed by atoms with Gasteiger partial charge in [0.25, 0.3) is 5.91 Å². The average Bonchev–Trinajstić information content (AvgIpc) is 2.96. The molecule has 0 bridgehead atoms. The summed E-state index contributed by atoms with van der Waals surface area (Å²) < 4.78 is 81.0. The Bertz CT molecular complexity index is 1410. The van der Waals surface area contributed by atoms with Gasteiger partial charge in [-0.15, -0.1) is 0 Å². The van der Waals surface area contributed by atoms with Gasteiger partial charge in [0.2, 0.25) is 0 Å². The molecule has 0 unspecified atom stereocenters. The first kappa shape index (κ1) is 34.3. The van der Waals surface area contributed by atoms with Crippen LogP contribution in [-0.4, -0.2) is 18.1 Å². The fraction of sp³-hybridized carbons (Fsp3) is 0.242. The Morgan fingerprint density at radius 3 is 1.51 bits per heavy atom. The first-order valence-electron chi connectivity index (χ1n) is 13.4. The minimum atomic E-state index is -5.05. The molecular weight excluding hydrogens is 651 g/mol. The molecule has 1 amide bonds. The van der Waals surface area contributed by atoms with Crippen molar-refractivity contribution in [2.45, 2.75) is 38.4 Å². The molecule has 228 valence electrons. The molecule has 0 saturated heterocycles.